The number of ether oxygens (including phenoxy) is 1. The van der Waals surface area contributed by atoms with Gasteiger partial charge in [-0.3, -0.25) is 10.1 Å². The van der Waals surface area contributed by atoms with Crippen LogP contribution in [0.3, 0.4) is 0 Å². The third-order valence-electron chi connectivity index (χ3n) is 2.43. The molecule has 0 radical (unpaired) electrons. The summed E-state index contributed by atoms with van der Waals surface area (Å²) in [4.78, 5) is 14.3. The fourth-order valence-corrected chi connectivity index (χ4v) is 1.66. The monoisotopic (exact) mass is 308 g/mol. The number of nitro benzene ring substituents is 1. The number of amidine groups is 1. The van der Waals surface area contributed by atoms with Crippen LogP contribution in [0.5, 0.6) is 11.6 Å². The zero-order valence-electron chi connectivity index (χ0n) is 10.4. The van der Waals surface area contributed by atoms with E-state index in [1.807, 2.05) is 0 Å². The first-order chi connectivity index (χ1) is 10.0. The van der Waals surface area contributed by atoms with Crippen molar-refractivity contribution in [3.05, 3.63) is 57.2 Å². The van der Waals surface area contributed by atoms with E-state index in [-0.39, 0.29) is 33.9 Å². The Bertz CT molecular complexity index is 720. The molecule has 1 aromatic heterocycles. The van der Waals surface area contributed by atoms with Crippen molar-refractivity contribution in [2.24, 2.45) is 10.9 Å². The lowest BCUT2D eigenvalue weighted by molar-refractivity contribution is -0.385. The summed E-state index contributed by atoms with van der Waals surface area (Å²) >= 11 is 5.71. The minimum Gasteiger partial charge on any atom is -0.432 e. The van der Waals surface area contributed by atoms with Crippen molar-refractivity contribution in [3.8, 4) is 11.6 Å². The van der Waals surface area contributed by atoms with Gasteiger partial charge in [-0.25, -0.2) is 4.98 Å². The summed E-state index contributed by atoms with van der Waals surface area (Å²) in [6.07, 6.45) is 0. The minimum atomic E-state index is -0.616. The molecule has 8 nitrogen and oxygen atoms in total. The second-order valence-electron chi connectivity index (χ2n) is 3.82. The molecule has 0 fully saturated rings. The van der Waals surface area contributed by atoms with Crippen molar-refractivity contribution in [1.82, 2.24) is 4.98 Å². The Morgan fingerprint density at radius 2 is 2.19 bits per heavy atom. The van der Waals surface area contributed by atoms with Crippen molar-refractivity contribution in [1.29, 1.82) is 0 Å². The van der Waals surface area contributed by atoms with E-state index >= 15 is 0 Å². The van der Waals surface area contributed by atoms with Gasteiger partial charge in [-0.1, -0.05) is 22.8 Å². The summed E-state index contributed by atoms with van der Waals surface area (Å²) < 4.78 is 5.36. The van der Waals surface area contributed by atoms with Crippen molar-refractivity contribution in [3.63, 3.8) is 0 Å². The highest BCUT2D eigenvalue weighted by Crippen LogP contribution is 2.32. The van der Waals surface area contributed by atoms with Crippen LogP contribution in [0.2, 0.25) is 5.02 Å². The molecule has 2 aromatic rings. The number of rotatable bonds is 4. The van der Waals surface area contributed by atoms with Gasteiger partial charge in [0.1, 0.15) is 5.69 Å². The molecule has 0 saturated carbocycles. The molecule has 108 valence electrons. The van der Waals surface area contributed by atoms with E-state index in [0.717, 1.165) is 0 Å². The number of halogens is 1. The van der Waals surface area contributed by atoms with Gasteiger partial charge in [0.25, 0.3) is 0 Å². The number of aromatic nitrogens is 1. The van der Waals surface area contributed by atoms with E-state index in [4.69, 9.17) is 27.3 Å². The molecule has 0 atom stereocenters. The maximum absolute atomic E-state index is 11.0. The third-order valence-corrected chi connectivity index (χ3v) is 2.66. The molecule has 3 N–H and O–H groups in total. The van der Waals surface area contributed by atoms with Crippen LogP contribution >= 0.6 is 11.6 Å². The maximum atomic E-state index is 11.0. The number of nitrogens with two attached hydrogens (primary N) is 1. The van der Waals surface area contributed by atoms with Crippen molar-refractivity contribution in [2.75, 3.05) is 0 Å². The summed E-state index contributed by atoms with van der Waals surface area (Å²) in [5, 5.41) is 22.6. The highest BCUT2D eigenvalue weighted by atomic mass is 35.5. The molecule has 0 amide bonds. The molecule has 2 rings (SSSR count). The van der Waals surface area contributed by atoms with Crippen LogP contribution in [0.4, 0.5) is 5.69 Å². The van der Waals surface area contributed by atoms with Gasteiger partial charge in [0.2, 0.25) is 11.6 Å². The third kappa shape index (κ3) is 3.37. The summed E-state index contributed by atoms with van der Waals surface area (Å²) in [6, 6.07) is 8.52. The predicted molar refractivity (Wildman–Crippen MR) is 74.9 cm³/mol. The van der Waals surface area contributed by atoms with E-state index in [2.05, 4.69) is 10.1 Å². The van der Waals surface area contributed by atoms with Gasteiger partial charge < -0.3 is 15.7 Å². The first-order valence-corrected chi connectivity index (χ1v) is 5.96. The number of oxime groups is 1. The van der Waals surface area contributed by atoms with Gasteiger partial charge in [-0.05, 0) is 18.2 Å². The smallest absolute Gasteiger partial charge is 0.313 e. The van der Waals surface area contributed by atoms with Gasteiger partial charge in [0, 0.05) is 17.2 Å². The molecule has 0 bridgehead atoms. The van der Waals surface area contributed by atoms with Gasteiger partial charge in [0.05, 0.1) is 4.92 Å². The highest BCUT2D eigenvalue weighted by molar-refractivity contribution is 6.30. The van der Waals surface area contributed by atoms with Gasteiger partial charge in [-0.15, -0.1) is 0 Å². The molecule has 0 aliphatic heterocycles. The molecule has 1 aromatic carbocycles. The second-order valence-corrected chi connectivity index (χ2v) is 4.25. The van der Waals surface area contributed by atoms with E-state index in [1.165, 1.54) is 30.3 Å². The summed E-state index contributed by atoms with van der Waals surface area (Å²) in [6.45, 7) is 0. The van der Waals surface area contributed by atoms with Crippen LogP contribution in [0, 0.1) is 10.1 Å². The van der Waals surface area contributed by atoms with Crippen LogP contribution < -0.4 is 10.5 Å². The molecule has 0 spiro atoms. The van der Waals surface area contributed by atoms with Crippen molar-refractivity contribution >= 4 is 23.1 Å². The molecule has 0 unspecified atom stereocenters. The van der Waals surface area contributed by atoms with Crippen LogP contribution in [0.25, 0.3) is 0 Å². The first kappa shape index (κ1) is 14.5. The Morgan fingerprint density at radius 3 is 2.86 bits per heavy atom. The van der Waals surface area contributed by atoms with Crippen LogP contribution in [-0.2, 0) is 0 Å². The molecule has 0 aliphatic rings. The zero-order valence-corrected chi connectivity index (χ0v) is 11.2. The Kier molecular flexibility index (Phi) is 4.19. The Morgan fingerprint density at radius 1 is 1.43 bits per heavy atom. The fraction of sp³-hybridized carbons (Fsp3) is 0. The first-order valence-electron chi connectivity index (χ1n) is 5.58. The van der Waals surface area contributed by atoms with Gasteiger partial charge >= 0.3 is 5.69 Å². The average Bonchev–Trinajstić information content (AvgIpc) is 2.48. The molecule has 21 heavy (non-hydrogen) atoms. The summed E-state index contributed by atoms with van der Waals surface area (Å²) in [5.74, 6) is -0.163. The zero-order chi connectivity index (χ0) is 15.4. The highest BCUT2D eigenvalue weighted by Gasteiger charge is 2.17. The lowest BCUT2D eigenvalue weighted by Crippen LogP contribution is -2.14. The second kappa shape index (κ2) is 6.06. The molecule has 1 heterocycles. The van der Waals surface area contributed by atoms with E-state index < -0.39 is 4.92 Å². The lowest BCUT2D eigenvalue weighted by atomic mass is 10.3. The van der Waals surface area contributed by atoms with Gasteiger partial charge in [-0.2, -0.15) is 0 Å². The normalized spacial score (nSPS) is 11.2. The molecular weight excluding hydrogens is 300 g/mol. The van der Waals surface area contributed by atoms with E-state index in [0.29, 0.717) is 0 Å². The number of nitrogens with zero attached hydrogens (tertiary/aromatic N) is 3. The average molecular weight is 309 g/mol. The molecular formula is C12H9ClN4O4. The Labute approximate surface area is 123 Å². The van der Waals surface area contributed by atoms with Crippen LogP contribution in [-0.4, -0.2) is 21.0 Å². The molecule has 0 aliphatic carbocycles. The van der Waals surface area contributed by atoms with Crippen LogP contribution in [0.1, 0.15) is 5.69 Å². The number of hydrogen-bond donors (Lipinski definition) is 2. The lowest BCUT2D eigenvalue weighted by Gasteiger charge is -2.06. The Hall–Kier alpha value is -2.87. The quantitative estimate of drug-likeness (QED) is 0.294. The van der Waals surface area contributed by atoms with E-state index in [1.54, 1.807) is 6.07 Å². The SMILES string of the molecule is NC(=NO)c1cccc(Oc2ccc(Cl)cc2[N+](=O)[O-])n1. The number of benzene rings is 1. The van der Waals surface area contributed by atoms with Gasteiger partial charge in [0.15, 0.2) is 5.84 Å². The van der Waals surface area contributed by atoms with Crippen LogP contribution in [0.15, 0.2) is 41.6 Å². The number of nitro groups is 1. The Balaban J connectivity index is 2.37. The van der Waals surface area contributed by atoms with Crippen molar-refractivity contribution < 1.29 is 14.9 Å². The topological polar surface area (TPSA) is 124 Å². The maximum Gasteiger partial charge on any atom is 0.313 e. The number of pyridine rings is 1. The summed E-state index contributed by atoms with van der Waals surface area (Å²) in [7, 11) is 0. The minimum absolute atomic E-state index is 0.0199. The largest absolute Gasteiger partial charge is 0.432 e. The number of hydrogen-bond acceptors (Lipinski definition) is 6. The fourth-order valence-electron chi connectivity index (χ4n) is 1.50. The van der Waals surface area contributed by atoms with Crippen molar-refractivity contribution in [2.45, 2.75) is 0 Å². The summed E-state index contributed by atoms with van der Waals surface area (Å²) in [5.41, 5.74) is 5.29. The molecule has 9 heteroatoms. The molecule has 0 saturated heterocycles. The van der Waals surface area contributed by atoms with E-state index in [9.17, 15) is 10.1 Å². The standard InChI is InChI=1S/C12H9ClN4O4/c13-7-4-5-10(9(6-7)17(19)20)21-11-3-1-2-8(15-11)12(14)16-18/h1-6,18H,(H2,14,16). The predicted octanol–water partition coefficient (Wildman–Crippen LogP) is 2.53.